The van der Waals surface area contributed by atoms with Crippen LogP contribution in [-0.2, 0) is 0 Å². The van der Waals surface area contributed by atoms with Crippen molar-refractivity contribution in [1.29, 1.82) is 0 Å². The number of H-pyrrole nitrogens is 1. The standard InChI is InChI=1S/C12H15ClN2/c1-3-10(14)11-7(2)15-12-8(11)5-4-6-9(12)13/h4-6,10,15H,3,14H2,1-2H3. The lowest BCUT2D eigenvalue weighted by atomic mass is 10.0. The summed E-state index contributed by atoms with van der Waals surface area (Å²) in [7, 11) is 0. The van der Waals surface area contributed by atoms with Crippen molar-refractivity contribution in [2.75, 3.05) is 0 Å². The minimum Gasteiger partial charge on any atom is -0.357 e. The quantitative estimate of drug-likeness (QED) is 0.802. The summed E-state index contributed by atoms with van der Waals surface area (Å²) in [5, 5.41) is 1.90. The third kappa shape index (κ3) is 1.64. The first-order valence-corrected chi connectivity index (χ1v) is 5.55. The van der Waals surface area contributed by atoms with E-state index in [0.717, 1.165) is 28.0 Å². The number of para-hydroxylation sites is 1. The van der Waals surface area contributed by atoms with Gasteiger partial charge in [0, 0.05) is 17.1 Å². The molecule has 80 valence electrons. The highest BCUT2D eigenvalue weighted by molar-refractivity contribution is 6.35. The first kappa shape index (κ1) is 10.5. The molecular weight excluding hydrogens is 208 g/mol. The zero-order valence-corrected chi connectivity index (χ0v) is 9.73. The molecule has 0 fully saturated rings. The molecule has 1 heterocycles. The van der Waals surface area contributed by atoms with Crippen molar-refractivity contribution in [2.45, 2.75) is 26.3 Å². The Morgan fingerprint density at radius 1 is 1.47 bits per heavy atom. The Morgan fingerprint density at radius 3 is 2.87 bits per heavy atom. The van der Waals surface area contributed by atoms with Gasteiger partial charge in [0.2, 0.25) is 0 Å². The molecule has 1 aromatic heterocycles. The SMILES string of the molecule is CCC(N)c1c(C)[nH]c2c(Cl)cccc12. The molecule has 2 aromatic rings. The van der Waals surface area contributed by atoms with Crippen molar-refractivity contribution in [3.8, 4) is 0 Å². The summed E-state index contributed by atoms with van der Waals surface area (Å²) in [6, 6.07) is 6.00. The second-order valence-electron chi connectivity index (χ2n) is 3.84. The Balaban J connectivity index is 2.73. The molecule has 2 rings (SSSR count). The number of rotatable bonds is 2. The van der Waals surface area contributed by atoms with Crippen molar-refractivity contribution in [3.63, 3.8) is 0 Å². The zero-order chi connectivity index (χ0) is 11.0. The van der Waals surface area contributed by atoms with Gasteiger partial charge in [0.25, 0.3) is 0 Å². The van der Waals surface area contributed by atoms with Gasteiger partial charge in [-0.3, -0.25) is 0 Å². The average Bonchev–Trinajstić information content (AvgIpc) is 2.55. The molecule has 0 aliphatic rings. The summed E-state index contributed by atoms with van der Waals surface area (Å²) in [4.78, 5) is 3.30. The highest BCUT2D eigenvalue weighted by atomic mass is 35.5. The second kappa shape index (κ2) is 3.87. The number of nitrogens with two attached hydrogens (primary N) is 1. The lowest BCUT2D eigenvalue weighted by Crippen LogP contribution is -2.09. The lowest BCUT2D eigenvalue weighted by Gasteiger charge is -2.08. The van der Waals surface area contributed by atoms with E-state index < -0.39 is 0 Å². The van der Waals surface area contributed by atoms with Crippen LogP contribution in [0.1, 0.15) is 30.6 Å². The van der Waals surface area contributed by atoms with Gasteiger partial charge in [0.15, 0.2) is 0 Å². The number of aromatic amines is 1. The number of hydrogen-bond acceptors (Lipinski definition) is 1. The molecule has 3 heteroatoms. The molecule has 0 aliphatic heterocycles. The van der Waals surface area contributed by atoms with Crippen molar-refractivity contribution >= 4 is 22.5 Å². The lowest BCUT2D eigenvalue weighted by molar-refractivity contribution is 0.699. The average molecular weight is 223 g/mol. The summed E-state index contributed by atoms with van der Waals surface area (Å²) < 4.78 is 0. The second-order valence-corrected chi connectivity index (χ2v) is 4.25. The maximum absolute atomic E-state index is 6.12. The van der Waals surface area contributed by atoms with Crippen LogP contribution in [0.15, 0.2) is 18.2 Å². The molecule has 0 amide bonds. The molecule has 15 heavy (non-hydrogen) atoms. The van der Waals surface area contributed by atoms with Gasteiger partial charge >= 0.3 is 0 Å². The summed E-state index contributed by atoms with van der Waals surface area (Å²) in [6.07, 6.45) is 0.931. The molecule has 0 radical (unpaired) electrons. The number of aromatic nitrogens is 1. The Morgan fingerprint density at radius 2 is 2.20 bits per heavy atom. The normalized spacial score (nSPS) is 13.3. The van der Waals surface area contributed by atoms with Crippen LogP contribution in [0.25, 0.3) is 10.9 Å². The molecular formula is C12H15ClN2. The molecule has 0 spiro atoms. The summed E-state index contributed by atoms with van der Waals surface area (Å²) in [5.41, 5.74) is 9.40. The van der Waals surface area contributed by atoms with Crippen LogP contribution >= 0.6 is 11.6 Å². The van der Waals surface area contributed by atoms with Crippen molar-refractivity contribution in [1.82, 2.24) is 4.98 Å². The predicted octanol–water partition coefficient (Wildman–Crippen LogP) is 3.54. The molecule has 0 aliphatic carbocycles. The smallest absolute Gasteiger partial charge is 0.0648 e. The van der Waals surface area contributed by atoms with Gasteiger partial charge in [0.1, 0.15) is 0 Å². The van der Waals surface area contributed by atoms with Crippen LogP contribution < -0.4 is 5.73 Å². The van der Waals surface area contributed by atoms with Gasteiger partial charge in [-0.05, 0) is 25.0 Å². The largest absolute Gasteiger partial charge is 0.357 e. The van der Waals surface area contributed by atoms with E-state index in [-0.39, 0.29) is 6.04 Å². The Bertz CT molecular complexity index is 488. The van der Waals surface area contributed by atoms with Crippen molar-refractivity contribution < 1.29 is 0 Å². The predicted molar refractivity (Wildman–Crippen MR) is 65.3 cm³/mol. The number of hydrogen-bond donors (Lipinski definition) is 2. The van der Waals surface area contributed by atoms with Gasteiger partial charge < -0.3 is 10.7 Å². The molecule has 1 atom stereocenters. The van der Waals surface area contributed by atoms with Gasteiger partial charge in [0.05, 0.1) is 10.5 Å². The van der Waals surface area contributed by atoms with Gasteiger partial charge in [-0.15, -0.1) is 0 Å². The monoisotopic (exact) mass is 222 g/mol. The Hall–Kier alpha value is -0.990. The van der Waals surface area contributed by atoms with E-state index in [9.17, 15) is 0 Å². The number of nitrogens with one attached hydrogen (secondary N) is 1. The van der Waals surface area contributed by atoms with E-state index >= 15 is 0 Å². The van der Waals surface area contributed by atoms with E-state index in [1.807, 2.05) is 19.1 Å². The summed E-state index contributed by atoms with van der Waals surface area (Å²) in [5.74, 6) is 0. The topological polar surface area (TPSA) is 41.8 Å². The fraction of sp³-hybridized carbons (Fsp3) is 0.333. The van der Waals surface area contributed by atoms with E-state index in [4.69, 9.17) is 17.3 Å². The maximum Gasteiger partial charge on any atom is 0.0648 e. The van der Waals surface area contributed by atoms with Crippen LogP contribution in [0.4, 0.5) is 0 Å². The molecule has 1 unspecified atom stereocenters. The van der Waals surface area contributed by atoms with Gasteiger partial charge in [-0.2, -0.15) is 0 Å². The van der Waals surface area contributed by atoms with Crippen molar-refractivity contribution in [2.24, 2.45) is 5.73 Å². The molecule has 0 bridgehead atoms. The fourth-order valence-electron chi connectivity index (χ4n) is 2.01. The number of halogens is 1. The number of benzene rings is 1. The van der Waals surface area contributed by atoms with E-state index in [1.165, 1.54) is 5.56 Å². The van der Waals surface area contributed by atoms with Gasteiger partial charge in [-0.25, -0.2) is 0 Å². The summed E-state index contributed by atoms with van der Waals surface area (Å²) >= 11 is 6.12. The van der Waals surface area contributed by atoms with E-state index in [0.29, 0.717) is 0 Å². The van der Waals surface area contributed by atoms with E-state index in [1.54, 1.807) is 0 Å². The van der Waals surface area contributed by atoms with E-state index in [2.05, 4.69) is 18.0 Å². The molecule has 0 saturated carbocycles. The van der Waals surface area contributed by atoms with Gasteiger partial charge in [-0.1, -0.05) is 30.7 Å². The number of aryl methyl sites for hydroxylation is 1. The minimum atomic E-state index is 0.0808. The van der Waals surface area contributed by atoms with Crippen LogP contribution in [0.5, 0.6) is 0 Å². The zero-order valence-electron chi connectivity index (χ0n) is 8.97. The molecule has 2 nitrogen and oxygen atoms in total. The molecule has 1 aromatic carbocycles. The maximum atomic E-state index is 6.12. The van der Waals surface area contributed by atoms with Crippen LogP contribution in [0.3, 0.4) is 0 Å². The minimum absolute atomic E-state index is 0.0808. The molecule has 3 N–H and O–H groups in total. The highest BCUT2D eigenvalue weighted by Gasteiger charge is 2.14. The number of fused-ring (bicyclic) bond motifs is 1. The van der Waals surface area contributed by atoms with Crippen LogP contribution in [0, 0.1) is 6.92 Å². The third-order valence-electron chi connectivity index (χ3n) is 2.83. The first-order valence-electron chi connectivity index (χ1n) is 5.17. The highest BCUT2D eigenvalue weighted by Crippen LogP contribution is 2.31. The van der Waals surface area contributed by atoms with Crippen LogP contribution in [-0.4, -0.2) is 4.98 Å². The van der Waals surface area contributed by atoms with Crippen molar-refractivity contribution in [3.05, 3.63) is 34.5 Å². The van der Waals surface area contributed by atoms with Crippen LogP contribution in [0.2, 0.25) is 5.02 Å². The molecule has 0 saturated heterocycles. The summed E-state index contributed by atoms with van der Waals surface area (Å²) in [6.45, 7) is 4.13. The Kier molecular flexibility index (Phi) is 2.72. The first-order chi connectivity index (χ1) is 7.15. The Labute approximate surface area is 94.4 Å². The third-order valence-corrected chi connectivity index (χ3v) is 3.15. The fourth-order valence-corrected chi connectivity index (χ4v) is 2.24.